The molecule has 3 rings (SSSR count). The Bertz CT molecular complexity index is 715. The number of aliphatic carboxylic acids is 1. The SMILES string of the molecule is O=C(O)[C@H](c1ccc(F)cc1)N1Cc2cccnc2C1=O. The van der Waals surface area contributed by atoms with E-state index < -0.39 is 23.7 Å². The van der Waals surface area contributed by atoms with Crippen LogP contribution in [-0.4, -0.2) is 26.9 Å². The fourth-order valence-electron chi connectivity index (χ4n) is 2.46. The molecule has 0 saturated carbocycles. The molecule has 0 aliphatic carbocycles. The number of carbonyl (C=O) groups is 2. The Morgan fingerprint density at radius 2 is 2.00 bits per heavy atom. The second-order valence-electron chi connectivity index (χ2n) is 4.74. The number of halogens is 1. The Balaban J connectivity index is 1.99. The Hall–Kier alpha value is -2.76. The van der Waals surface area contributed by atoms with E-state index in [1.807, 2.05) is 0 Å². The van der Waals surface area contributed by atoms with Gasteiger partial charge in [-0.2, -0.15) is 0 Å². The number of aromatic nitrogens is 1. The van der Waals surface area contributed by atoms with Crippen LogP contribution in [-0.2, 0) is 11.3 Å². The maximum Gasteiger partial charge on any atom is 0.331 e. The van der Waals surface area contributed by atoms with Crippen molar-refractivity contribution in [3.8, 4) is 0 Å². The molecule has 106 valence electrons. The van der Waals surface area contributed by atoms with Gasteiger partial charge in [-0.3, -0.25) is 9.78 Å². The van der Waals surface area contributed by atoms with Crippen LogP contribution in [0.15, 0.2) is 42.6 Å². The van der Waals surface area contributed by atoms with E-state index in [9.17, 15) is 19.1 Å². The standard InChI is InChI=1S/C15H11FN2O3/c16-11-5-3-9(4-6-11)13(15(20)21)18-8-10-2-1-7-17-12(10)14(18)19/h1-7,13H,8H2,(H,20,21)/t13-/m0/s1. The number of amides is 1. The number of rotatable bonds is 3. The van der Waals surface area contributed by atoms with E-state index in [1.165, 1.54) is 35.4 Å². The van der Waals surface area contributed by atoms with Crippen molar-refractivity contribution in [1.29, 1.82) is 0 Å². The molecule has 6 heteroatoms. The molecule has 1 N–H and O–H groups in total. The molecular formula is C15H11FN2O3. The van der Waals surface area contributed by atoms with Crippen LogP contribution in [0.1, 0.15) is 27.7 Å². The highest BCUT2D eigenvalue weighted by atomic mass is 19.1. The fraction of sp³-hybridized carbons (Fsp3) is 0.133. The number of carboxylic acid groups (broad SMARTS) is 1. The van der Waals surface area contributed by atoms with Crippen molar-refractivity contribution in [3.05, 3.63) is 65.2 Å². The Kier molecular flexibility index (Phi) is 3.13. The Morgan fingerprint density at radius 1 is 1.29 bits per heavy atom. The van der Waals surface area contributed by atoms with Gasteiger partial charge in [0.05, 0.1) is 0 Å². The molecule has 1 aliphatic heterocycles. The molecule has 1 amide bonds. The van der Waals surface area contributed by atoms with Gasteiger partial charge in [0.2, 0.25) is 0 Å². The van der Waals surface area contributed by atoms with Gasteiger partial charge in [0.25, 0.3) is 5.91 Å². The van der Waals surface area contributed by atoms with Crippen molar-refractivity contribution in [3.63, 3.8) is 0 Å². The molecule has 1 atom stereocenters. The minimum absolute atomic E-state index is 0.177. The van der Waals surface area contributed by atoms with Gasteiger partial charge in [-0.05, 0) is 23.8 Å². The van der Waals surface area contributed by atoms with Crippen molar-refractivity contribution >= 4 is 11.9 Å². The van der Waals surface area contributed by atoms with Gasteiger partial charge in [-0.25, -0.2) is 9.18 Å². The minimum Gasteiger partial charge on any atom is -0.479 e. The summed E-state index contributed by atoms with van der Waals surface area (Å²) in [4.78, 5) is 29.1. The lowest BCUT2D eigenvalue weighted by atomic mass is 10.1. The van der Waals surface area contributed by atoms with E-state index in [-0.39, 0.29) is 12.2 Å². The van der Waals surface area contributed by atoms with Crippen molar-refractivity contribution in [2.45, 2.75) is 12.6 Å². The third-order valence-corrected chi connectivity index (χ3v) is 3.43. The molecule has 1 aliphatic rings. The smallest absolute Gasteiger partial charge is 0.331 e. The molecule has 0 fully saturated rings. The van der Waals surface area contributed by atoms with Gasteiger partial charge < -0.3 is 10.0 Å². The molecule has 5 nitrogen and oxygen atoms in total. The average Bonchev–Trinajstić information content (AvgIpc) is 2.79. The van der Waals surface area contributed by atoms with E-state index in [0.717, 1.165) is 0 Å². The molecule has 1 aromatic heterocycles. The number of hydrogen-bond acceptors (Lipinski definition) is 3. The third kappa shape index (κ3) is 2.24. The molecule has 0 bridgehead atoms. The summed E-state index contributed by atoms with van der Waals surface area (Å²) in [5, 5.41) is 9.45. The second kappa shape index (κ2) is 4.97. The molecule has 2 aromatic rings. The maximum atomic E-state index is 13.0. The average molecular weight is 286 g/mol. The first-order valence-electron chi connectivity index (χ1n) is 6.31. The summed E-state index contributed by atoms with van der Waals surface area (Å²) >= 11 is 0. The van der Waals surface area contributed by atoms with Gasteiger partial charge in [-0.15, -0.1) is 0 Å². The van der Waals surface area contributed by atoms with Crippen LogP contribution in [0.25, 0.3) is 0 Å². The van der Waals surface area contributed by atoms with Crippen LogP contribution < -0.4 is 0 Å². The van der Waals surface area contributed by atoms with Crippen molar-refractivity contribution in [2.24, 2.45) is 0 Å². The van der Waals surface area contributed by atoms with Gasteiger partial charge in [0, 0.05) is 18.3 Å². The monoisotopic (exact) mass is 286 g/mol. The Morgan fingerprint density at radius 3 is 2.62 bits per heavy atom. The molecule has 0 radical (unpaired) electrons. The first kappa shape index (κ1) is 13.2. The highest BCUT2D eigenvalue weighted by molar-refractivity contribution is 5.98. The molecule has 0 spiro atoms. The van der Waals surface area contributed by atoms with Gasteiger partial charge >= 0.3 is 5.97 Å². The molecular weight excluding hydrogens is 275 g/mol. The lowest BCUT2D eigenvalue weighted by molar-refractivity contribution is -0.142. The molecule has 2 heterocycles. The van der Waals surface area contributed by atoms with Crippen LogP contribution in [0.5, 0.6) is 0 Å². The third-order valence-electron chi connectivity index (χ3n) is 3.43. The van der Waals surface area contributed by atoms with E-state index >= 15 is 0 Å². The molecule has 0 unspecified atom stereocenters. The van der Waals surface area contributed by atoms with Crippen LogP contribution in [0.3, 0.4) is 0 Å². The minimum atomic E-state index is -1.16. The van der Waals surface area contributed by atoms with Crippen molar-refractivity contribution in [1.82, 2.24) is 9.88 Å². The summed E-state index contributed by atoms with van der Waals surface area (Å²) in [5.74, 6) is -2.05. The lowest BCUT2D eigenvalue weighted by Gasteiger charge is -2.24. The first-order valence-corrected chi connectivity index (χ1v) is 6.31. The lowest BCUT2D eigenvalue weighted by Crippen LogP contribution is -2.34. The maximum absolute atomic E-state index is 13.0. The summed E-state index contributed by atoms with van der Waals surface area (Å²) in [5.41, 5.74) is 1.31. The fourth-order valence-corrected chi connectivity index (χ4v) is 2.46. The normalized spacial score (nSPS) is 14.9. The number of carbonyl (C=O) groups excluding carboxylic acids is 1. The number of pyridine rings is 1. The second-order valence-corrected chi connectivity index (χ2v) is 4.74. The predicted octanol–water partition coefficient (Wildman–Crippen LogP) is 2.00. The number of benzene rings is 1. The predicted molar refractivity (Wildman–Crippen MR) is 70.9 cm³/mol. The van der Waals surface area contributed by atoms with Gasteiger partial charge in [0.1, 0.15) is 11.5 Å². The van der Waals surface area contributed by atoms with Crippen molar-refractivity contribution in [2.75, 3.05) is 0 Å². The molecule has 0 saturated heterocycles. The number of carboxylic acids is 1. The summed E-state index contributed by atoms with van der Waals surface area (Å²) in [6.45, 7) is 0.177. The Labute approximate surface area is 119 Å². The zero-order valence-corrected chi connectivity index (χ0v) is 10.9. The summed E-state index contributed by atoms with van der Waals surface area (Å²) < 4.78 is 13.0. The largest absolute Gasteiger partial charge is 0.479 e. The van der Waals surface area contributed by atoms with Crippen LogP contribution in [0, 0.1) is 5.82 Å². The topological polar surface area (TPSA) is 70.5 Å². The van der Waals surface area contributed by atoms with Crippen LogP contribution in [0.4, 0.5) is 4.39 Å². The van der Waals surface area contributed by atoms with E-state index in [4.69, 9.17) is 0 Å². The molecule has 1 aromatic carbocycles. The highest BCUT2D eigenvalue weighted by Crippen LogP contribution is 2.30. The first-order chi connectivity index (χ1) is 10.1. The van der Waals surface area contributed by atoms with Gasteiger partial charge in [0.15, 0.2) is 6.04 Å². The number of fused-ring (bicyclic) bond motifs is 1. The molecule has 21 heavy (non-hydrogen) atoms. The zero-order valence-electron chi connectivity index (χ0n) is 10.9. The zero-order chi connectivity index (χ0) is 15.0. The highest BCUT2D eigenvalue weighted by Gasteiger charge is 2.38. The summed E-state index contributed by atoms with van der Waals surface area (Å²) in [6, 6.07) is 7.38. The summed E-state index contributed by atoms with van der Waals surface area (Å²) in [6.07, 6.45) is 1.49. The quantitative estimate of drug-likeness (QED) is 0.937. The van der Waals surface area contributed by atoms with E-state index in [1.54, 1.807) is 12.1 Å². The van der Waals surface area contributed by atoms with E-state index in [0.29, 0.717) is 11.1 Å². The van der Waals surface area contributed by atoms with Crippen LogP contribution in [0.2, 0.25) is 0 Å². The van der Waals surface area contributed by atoms with Gasteiger partial charge in [-0.1, -0.05) is 18.2 Å². The van der Waals surface area contributed by atoms with E-state index in [2.05, 4.69) is 4.98 Å². The van der Waals surface area contributed by atoms with Crippen LogP contribution >= 0.6 is 0 Å². The number of nitrogens with zero attached hydrogens (tertiary/aromatic N) is 2. The number of hydrogen-bond donors (Lipinski definition) is 1. The van der Waals surface area contributed by atoms with Crippen molar-refractivity contribution < 1.29 is 19.1 Å². The summed E-state index contributed by atoms with van der Waals surface area (Å²) in [7, 11) is 0.